The van der Waals surface area contributed by atoms with Gasteiger partial charge in [0.05, 0.1) is 11.5 Å². The second-order valence-electron chi connectivity index (χ2n) is 5.90. The first-order valence-corrected chi connectivity index (χ1v) is 11.8. The van der Waals surface area contributed by atoms with Gasteiger partial charge in [-0.3, -0.25) is 4.79 Å². The Bertz CT molecular complexity index is 411. The van der Waals surface area contributed by atoms with Gasteiger partial charge in [-0.25, -0.2) is 3.63 Å². The Morgan fingerprint density at radius 2 is 1.67 bits per heavy atom. The molecule has 0 atom stereocenters. The van der Waals surface area contributed by atoms with Crippen LogP contribution in [-0.2, 0) is 18.5 Å². The minimum atomic E-state index is -3.48. The highest BCUT2D eigenvalue weighted by Gasteiger charge is 2.34. The van der Waals surface area contributed by atoms with Crippen molar-refractivity contribution < 1.29 is 16.8 Å². The second-order valence-corrected chi connectivity index (χ2v) is 11.0. The van der Waals surface area contributed by atoms with E-state index in [1.807, 2.05) is 6.92 Å². The topological polar surface area (TPSA) is 60.4 Å². The molecule has 1 fully saturated rings. The summed E-state index contributed by atoms with van der Waals surface area (Å²) in [5.74, 6) is 2.16. The van der Waals surface area contributed by atoms with Gasteiger partial charge in [-0.1, -0.05) is 33.1 Å². The van der Waals surface area contributed by atoms with Crippen LogP contribution in [0.4, 0.5) is 0 Å². The Balaban J connectivity index is 2.71. The molecule has 0 spiro atoms. The van der Waals surface area contributed by atoms with Crippen molar-refractivity contribution in [1.29, 1.82) is 0 Å². The SMILES string of the molecule is CCCCC(=O)CS1(OS(=O)(=O)CCCC)CCCCC1. The largest absolute Gasteiger partial charge is 0.299 e. The van der Waals surface area contributed by atoms with Gasteiger partial charge in [-0.2, -0.15) is 8.42 Å². The summed E-state index contributed by atoms with van der Waals surface area (Å²) in [6, 6.07) is 0. The second kappa shape index (κ2) is 9.16. The minimum Gasteiger partial charge on any atom is -0.299 e. The molecule has 0 N–H and O–H groups in total. The molecule has 0 aromatic carbocycles. The molecule has 0 unspecified atom stereocenters. The normalized spacial score (nSPS) is 20.1. The van der Waals surface area contributed by atoms with Gasteiger partial charge in [0.1, 0.15) is 5.78 Å². The lowest BCUT2D eigenvalue weighted by atomic mass is 10.2. The molecule has 0 radical (unpaired) electrons. The molecule has 1 aliphatic heterocycles. The maximum atomic E-state index is 12.1. The monoisotopic (exact) mass is 338 g/mol. The fourth-order valence-corrected chi connectivity index (χ4v) is 8.65. The van der Waals surface area contributed by atoms with Crippen LogP contribution in [0.2, 0.25) is 0 Å². The number of carbonyl (C=O) groups is 1. The van der Waals surface area contributed by atoms with Crippen molar-refractivity contribution in [3.63, 3.8) is 0 Å². The van der Waals surface area contributed by atoms with Crippen LogP contribution in [0.25, 0.3) is 0 Å². The van der Waals surface area contributed by atoms with Crippen LogP contribution in [0.5, 0.6) is 0 Å². The van der Waals surface area contributed by atoms with E-state index in [4.69, 9.17) is 3.63 Å². The van der Waals surface area contributed by atoms with Gasteiger partial charge in [-0.15, -0.1) is 10.3 Å². The highest BCUT2D eigenvalue weighted by Crippen LogP contribution is 2.54. The van der Waals surface area contributed by atoms with Gasteiger partial charge >= 0.3 is 0 Å². The van der Waals surface area contributed by atoms with Gasteiger partial charge in [0.15, 0.2) is 0 Å². The molecule has 0 aromatic heterocycles. The average Bonchev–Trinajstić information content (AvgIpc) is 2.43. The molecular weight excluding hydrogens is 308 g/mol. The van der Waals surface area contributed by atoms with E-state index < -0.39 is 20.4 Å². The Morgan fingerprint density at radius 3 is 2.24 bits per heavy atom. The molecule has 0 bridgehead atoms. The number of hydrogen-bond acceptors (Lipinski definition) is 4. The van der Waals surface area contributed by atoms with E-state index in [1.165, 1.54) is 0 Å². The van der Waals surface area contributed by atoms with Crippen LogP contribution in [0.3, 0.4) is 0 Å². The predicted molar refractivity (Wildman–Crippen MR) is 90.4 cm³/mol. The van der Waals surface area contributed by atoms with Crippen molar-refractivity contribution in [2.24, 2.45) is 0 Å². The fraction of sp³-hybridized carbons (Fsp3) is 0.933. The number of ketones is 1. The highest BCUT2D eigenvalue weighted by atomic mass is 32.3. The summed E-state index contributed by atoms with van der Waals surface area (Å²) in [6.45, 7) is 4.02. The van der Waals surface area contributed by atoms with Crippen LogP contribution in [0, 0.1) is 0 Å². The predicted octanol–water partition coefficient (Wildman–Crippen LogP) is 3.80. The van der Waals surface area contributed by atoms with E-state index in [9.17, 15) is 13.2 Å². The van der Waals surface area contributed by atoms with Crippen LogP contribution in [0.1, 0.15) is 65.2 Å². The summed E-state index contributed by atoms with van der Waals surface area (Å²) in [5, 5.41) is 0. The number of rotatable bonds is 10. The highest BCUT2D eigenvalue weighted by molar-refractivity contribution is 8.33. The molecule has 4 nitrogen and oxygen atoms in total. The third-order valence-electron chi connectivity index (χ3n) is 3.76. The van der Waals surface area contributed by atoms with Gasteiger partial charge < -0.3 is 0 Å². The molecule has 0 amide bonds. The zero-order valence-electron chi connectivity index (χ0n) is 13.4. The summed E-state index contributed by atoms with van der Waals surface area (Å²) >= 11 is 0. The quantitative estimate of drug-likeness (QED) is 0.608. The summed E-state index contributed by atoms with van der Waals surface area (Å²) in [4.78, 5) is 12.1. The van der Waals surface area contributed by atoms with E-state index in [-0.39, 0.29) is 11.5 Å². The maximum Gasteiger partial charge on any atom is 0.276 e. The van der Waals surface area contributed by atoms with Crippen LogP contribution in [-0.4, -0.2) is 37.2 Å². The Labute approximate surface area is 131 Å². The zero-order valence-corrected chi connectivity index (χ0v) is 15.1. The molecular formula is C15H30O4S2. The van der Waals surface area contributed by atoms with Crippen molar-refractivity contribution in [1.82, 2.24) is 0 Å². The Kier molecular flexibility index (Phi) is 8.27. The third kappa shape index (κ3) is 7.15. The molecule has 0 aromatic rings. The van der Waals surface area contributed by atoms with Crippen molar-refractivity contribution in [3.05, 3.63) is 0 Å². The van der Waals surface area contributed by atoms with Crippen molar-refractivity contribution in [2.75, 3.05) is 23.0 Å². The number of hydrogen-bond donors (Lipinski definition) is 0. The molecule has 21 heavy (non-hydrogen) atoms. The summed E-state index contributed by atoms with van der Waals surface area (Å²) in [7, 11) is -5.24. The average molecular weight is 339 g/mol. The molecule has 0 saturated carbocycles. The fourth-order valence-electron chi connectivity index (χ4n) is 2.56. The van der Waals surface area contributed by atoms with Gasteiger partial charge in [-0.05, 0) is 25.7 Å². The van der Waals surface area contributed by atoms with Crippen LogP contribution < -0.4 is 0 Å². The van der Waals surface area contributed by atoms with Crippen molar-refractivity contribution in [3.8, 4) is 0 Å². The molecule has 1 heterocycles. The van der Waals surface area contributed by atoms with Crippen LogP contribution >= 0.6 is 10.3 Å². The number of carbonyl (C=O) groups excluding carboxylic acids is 1. The maximum absolute atomic E-state index is 12.1. The van der Waals surface area contributed by atoms with E-state index >= 15 is 0 Å². The lowest BCUT2D eigenvalue weighted by Gasteiger charge is -2.40. The number of unbranched alkanes of at least 4 members (excludes halogenated alkanes) is 2. The number of Topliss-reactive ketones (excluding diaryl/α,β-unsaturated/α-hetero) is 1. The van der Waals surface area contributed by atoms with E-state index in [0.29, 0.717) is 18.6 Å². The molecule has 6 heteroatoms. The smallest absolute Gasteiger partial charge is 0.276 e. The summed E-state index contributed by atoms with van der Waals surface area (Å²) in [5.41, 5.74) is 0. The minimum absolute atomic E-state index is 0.0847. The molecule has 1 saturated heterocycles. The third-order valence-corrected chi connectivity index (χ3v) is 9.45. The Morgan fingerprint density at radius 1 is 1.05 bits per heavy atom. The molecule has 1 aliphatic rings. The summed E-state index contributed by atoms with van der Waals surface area (Å²) in [6.07, 6.45) is 6.99. The lowest BCUT2D eigenvalue weighted by Crippen LogP contribution is -2.28. The molecule has 0 aliphatic carbocycles. The van der Waals surface area contributed by atoms with Gasteiger partial charge in [0.25, 0.3) is 10.1 Å². The van der Waals surface area contributed by atoms with Crippen molar-refractivity contribution in [2.45, 2.75) is 65.2 Å². The summed E-state index contributed by atoms with van der Waals surface area (Å²) < 4.78 is 29.9. The van der Waals surface area contributed by atoms with Crippen LogP contribution in [0.15, 0.2) is 0 Å². The zero-order chi connectivity index (χ0) is 15.8. The first-order chi connectivity index (χ1) is 9.93. The van der Waals surface area contributed by atoms with Gasteiger partial charge in [0, 0.05) is 17.9 Å². The van der Waals surface area contributed by atoms with Gasteiger partial charge in [0.2, 0.25) is 0 Å². The van der Waals surface area contributed by atoms with E-state index in [2.05, 4.69) is 6.92 Å². The first kappa shape index (κ1) is 19.0. The lowest BCUT2D eigenvalue weighted by molar-refractivity contribution is -0.116. The Hall–Kier alpha value is -0.0700. The van der Waals surface area contributed by atoms with E-state index in [0.717, 1.165) is 50.0 Å². The molecule has 126 valence electrons. The van der Waals surface area contributed by atoms with E-state index in [1.54, 1.807) is 0 Å². The molecule has 1 rings (SSSR count). The van der Waals surface area contributed by atoms with Crippen molar-refractivity contribution >= 4 is 26.2 Å². The standard InChI is InChI=1S/C15H30O4S2/c1-3-5-10-15(16)14-20(11-8-7-9-12-20)19-21(17,18)13-6-4-2/h3-14H2,1-2H3. The first-order valence-electron chi connectivity index (χ1n) is 8.15.